The summed E-state index contributed by atoms with van der Waals surface area (Å²) in [5.74, 6) is 0.809. The van der Waals surface area contributed by atoms with Gasteiger partial charge in [-0.1, -0.05) is 12.1 Å². The van der Waals surface area contributed by atoms with Crippen LogP contribution in [0.2, 0.25) is 0 Å². The van der Waals surface area contributed by atoms with Gasteiger partial charge in [-0.3, -0.25) is 0 Å². The van der Waals surface area contributed by atoms with Gasteiger partial charge in [0, 0.05) is 6.54 Å². The van der Waals surface area contributed by atoms with Gasteiger partial charge in [-0.25, -0.2) is 4.98 Å². The third-order valence-corrected chi connectivity index (χ3v) is 3.46. The van der Waals surface area contributed by atoms with Crippen LogP contribution in [0.15, 0.2) is 24.3 Å². The van der Waals surface area contributed by atoms with E-state index < -0.39 is 0 Å². The first-order valence-electron chi connectivity index (χ1n) is 6.80. The SMILES string of the molecule is CC(C)(C#N)CCCn1c(CC#N)nc2ccccc21. The lowest BCUT2D eigenvalue weighted by Crippen LogP contribution is -2.11. The summed E-state index contributed by atoms with van der Waals surface area (Å²) in [5, 5.41) is 18.0. The molecule has 1 aromatic heterocycles. The minimum Gasteiger partial charge on any atom is -0.327 e. The first-order chi connectivity index (χ1) is 9.57. The molecule has 1 heterocycles. The summed E-state index contributed by atoms with van der Waals surface area (Å²) in [5.41, 5.74) is 1.69. The quantitative estimate of drug-likeness (QED) is 0.832. The van der Waals surface area contributed by atoms with Crippen LogP contribution >= 0.6 is 0 Å². The van der Waals surface area contributed by atoms with E-state index in [0.717, 1.165) is 36.2 Å². The van der Waals surface area contributed by atoms with Crippen molar-refractivity contribution in [1.82, 2.24) is 9.55 Å². The van der Waals surface area contributed by atoms with Crippen LogP contribution in [0.25, 0.3) is 11.0 Å². The molecule has 0 aliphatic heterocycles. The maximum Gasteiger partial charge on any atom is 0.124 e. The van der Waals surface area contributed by atoms with Gasteiger partial charge in [0.15, 0.2) is 0 Å². The van der Waals surface area contributed by atoms with Gasteiger partial charge in [0.25, 0.3) is 0 Å². The molecule has 0 fully saturated rings. The van der Waals surface area contributed by atoms with Crippen LogP contribution in [0.1, 0.15) is 32.5 Å². The Balaban J connectivity index is 2.22. The van der Waals surface area contributed by atoms with E-state index in [2.05, 4.69) is 21.7 Å². The van der Waals surface area contributed by atoms with Crippen molar-refractivity contribution in [1.29, 1.82) is 10.5 Å². The lowest BCUT2D eigenvalue weighted by molar-refractivity contribution is 0.415. The predicted octanol–water partition coefficient (Wildman–Crippen LogP) is 3.43. The number of aromatic nitrogens is 2. The van der Waals surface area contributed by atoms with Gasteiger partial charge in [-0.05, 0) is 38.8 Å². The van der Waals surface area contributed by atoms with Crippen LogP contribution in [0, 0.1) is 28.1 Å². The molecule has 2 rings (SSSR count). The second-order valence-corrected chi connectivity index (χ2v) is 5.60. The van der Waals surface area contributed by atoms with Crippen molar-refractivity contribution in [3.8, 4) is 12.1 Å². The van der Waals surface area contributed by atoms with E-state index in [9.17, 15) is 0 Å². The van der Waals surface area contributed by atoms with Crippen molar-refractivity contribution in [3.05, 3.63) is 30.1 Å². The molecule has 0 radical (unpaired) electrons. The Labute approximate surface area is 119 Å². The molecule has 4 heteroatoms. The van der Waals surface area contributed by atoms with Gasteiger partial charge in [-0.15, -0.1) is 0 Å². The third kappa shape index (κ3) is 2.97. The summed E-state index contributed by atoms with van der Waals surface area (Å²) >= 11 is 0. The fraction of sp³-hybridized carbons (Fsp3) is 0.438. The highest BCUT2D eigenvalue weighted by molar-refractivity contribution is 5.75. The highest BCUT2D eigenvalue weighted by Crippen LogP contribution is 2.23. The fourth-order valence-corrected chi connectivity index (χ4v) is 2.32. The number of rotatable bonds is 5. The Morgan fingerprint density at radius 1 is 1.25 bits per heavy atom. The molecule has 1 aromatic carbocycles. The summed E-state index contributed by atoms with van der Waals surface area (Å²) in [7, 11) is 0. The molecular formula is C16H18N4. The maximum absolute atomic E-state index is 9.05. The number of aryl methyl sites for hydroxylation is 1. The summed E-state index contributed by atoms with van der Waals surface area (Å²) in [6.45, 7) is 4.70. The Morgan fingerprint density at radius 2 is 2.00 bits per heavy atom. The van der Waals surface area contributed by atoms with Crippen LogP contribution in [0.3, 0.4) is 0 Å². The number of imidazole rings is 1. The van der Waals surface area contributed by atoms with Crippen LogP contribution in [-0.4, -0.2) is 9.55 Å². The zero-order chi connectivity index (χ0) is 14.6. The molecule has 2 aromatic rings. The number of fused-ring (bicyclic) bond motifs is 1. The summed E-state index contributed by atoms with van der Waals surface area (Å²) in [6, 6.07) is 12.4. The topological polar surface area (TPSA) is 65.4 Å². The zero-order valence-electron chi connectivity index (χ0n) is 11.9. The number of para-hydroxylation sites is 2. The molecule has 0 amide bonds. The van der Waals surface area contributed by atoms with Crippen molar-refractivity contribution in [3.63, 3.8) is 0 Å². The average molecular weight is 266 g/mol. The molecule has 0 unspecified atom stereocenters. The van der Waals surface area contributed by atoms with Gasteiger partial charge in [0.05, 0.1) is 35.0 Å². The third-order valence-electron chi connectivity index (χ3n) is 3.46. The zero-order valence-corrected chi connectivity index (χ0v) is 11.9. The van der Waals surface area contributed by atoms with Crippen molar-refractivity contribution >= 4 is 11.0 Å². The Morgan fingerprint density at radius 3 is 2.70 bits per heavy atom. The molecule has 0 atom stereocenters. The molecule has 0 aliphatic rings. The summed E-state index contributed by atoms with van der Waals surface area (Å²) < 4.78 is 2.10. The molecule has 0 aliphatic carbocycles. The monoisotopic (exact) mass is 266 g/mol. The molecule has 0 saturated carbocycles. The normalized spacial score (nSPS) is 11.2. The lowest BCUT2D eigenvalue weighted by Gasteiger charge is -2.15. The minimum absolute atomic E-state index is 0.300. The number of nitriles is 2. The van der Waals surface area contributed by atoms with Crippen LogP contribution < -0.4 is 0 Å². The van der Waals surface area contributed by atoms with Crippen molar-refractivity contribution in [2.75, 3.05) is 0 Å². The van der Waals surface area contributed by atoms with Gasteiger partial charge in [0.2, 0.25) is 0 Å². The van der Waals surface area contributed by atoms with Crippen molar-refractivity contribution in [2.45, 2.75) is 39.7 Å². The van der Waals surface area contributed by atoms with Crippen LogP contribution in [0.5, 0.6) is 0 Å². The van der Waals surface area contributed by atoms with E-state index in [-0.39, 0.29) is 5.41 Å². The van der Waals surface area contributed by atoms with E-state index in [1.807, 2.05) is 38.1 Å². The molecule has 0 spiro atoms. The first kappa shape index (κ1) is 14.1. The van der Waals surface area contributed by atoms with Crippen LogP contribution in [-0.2, 0) is 13.0 Å². The van der Waals surface area contributed by atoms with Crippen LogP contribution in [0.4, 0.5) is 0 Å². The number of nitrogens with zero attached hydrogens (tertiary/aromatic N) is 4. The van der Waals surface area contributed by atoms with Crippen molar-refractivity contribution < 1.29 is 0 Å². The second-order valence-electron chi connectivity index (χ2n) is 5.60. The predicted molar refractivity (Wildman–Crippen MR) is 77.7 cm³/mol. The van der Waals surface area contributed by atoms with E-state index >= 15 is 0 Å². The second kappa shape index (κ2) is 5.75. The van der Waals surface area contributed by atoms with Gasteiger partial charge in [0.1, 0.15) is 5.82 Å². The van der Waals surface area contributed by atoms with E-state index in [1.54, 1.807) is 0 Å². The van der Waals surface area contributed by atoms with E-state index in [0.29, 0.717) is 6.42 Å². The summed E-state index contributed by atoms with van der Waals surface area (Å²) in [4.78, 5) is 4.51. The molecule has 20 heavy (non-hydrogen) atoms. The minimum atomic E-state index is -0.300. The molecule has 0 N–H and O–H groups in total. The molecular weight excluding hydrogens is 248 g/mol. The van der Waals surface area contributed by atoms with Crippen molar-refractivity contribution in [2.24, 2.45) is 5.41 Å². The number of benzene rings is 1. The Kier molecular flexibility index (Phi) is 4.05. The lowest BCUT2D eigenvalue weighted by atomic mass is 9.90. The van der Waals surface area contributed by atoms with E-state index in [1.165, 1.54) is 0 Å². The largest absolute Gasteiger partial charge is 0.327 e. The number of hydrogen-bond donors (Lipinski definition) is 0. The Bertz CT molecular complexity index is 683. The standard InChI is InChI=1S/C16H18N4/c1-16(2,12-18)9-5-11-20-14-7-4-3-6-13(14)19-15(20)8-10-17/h3-4,6-7H,5,8-9,11H2,1-2H3. The molecule has 4 nitrogen and oxygen atoms in total. The Hall–Kier alpha value is -2.33. The molecule has 0 saturated heterocycles. The van der Waals surface area contributed by atoms with Gasteiger partial charge >= 0.3 is 0 Å². The molecule has 0 bridgehead atoms. The highest BCUT2D eigenvalue weighted by Gasteiger charge is 2.17. The smallest absolute Gasteiger partial charge is 0.124 e. The van der Waals surface area contributed by atoms with Gasteiger partial charge < -0.3 is 4.57 Å². The maximum atomic E-state index is 9.05. The average Bonchev–Trinajstić information content (AvgIpc) is 2.77. The first-order valence-corrected chi connectivity index (χ1v) is 6.80. The van der Waals surface area contributed by atoms with E-state index in [4.69, 9.17) is 10.5 Å². The molecule has 102 valence electrons. The van der Waals surface area contributed by atoms with Gasteiger partial charge in [-0.2, -0.15) is 10.5 Å². The highest BCUT2D eigenvalue weighted by atomic mass is 15.1. The summed E-state index contributed by atoms with van der Waals surface area (Å²) in [6.07, 6.45) is 2.05. The number of hydrogen-bond acceptors (Lipinski definition) is 3. The fourth-order valence-electron chi connectivity index (χ4n) is 2.32.